The SMILES string of the molecule is COc1cn(C(CC2CCC2)C(=O)O)c(=O)cc1-c1cc(Cl)ccc1-n1cc(Cl)nn1. The summed E-state index contributed by atoms with van der Waals surface area (Å²) in [6, 6.07) is 5.50. The average Bonchev–Trinajstić information content (AvgIpc) is 3.13. The summed E-state index contributed by atoms with van der Waals surface area (Å²) in [5, 5.41) is 18.2. The molecular formula is C21H20Cl2N4O4. The molecule has 31 heavy (non-hydrogen) atoms. The maximum Gasteiger partial charge on any atom is 0.326 e. The van der Waals surface area contributed by atoms with Gasteiger partial charge in [-0.3, -0.25) is 9.36 Å². The Morgan fingerprint density at radius 2 is 2.03 bits per heavy atom. The molecule has 1 N–H and O–H groups in total. The molecule has 0 radical (unpaired) electrons. The second-order valence-corrected chi connectivity index (χ2v) is 8.36. The minimum Gasteiger partial charge on any atom is -0.495 e. The first-order valence-electron chi connectivity index (χ1n) is 9.78. The van der Waals surface area contributed by atoms with Crippen molar-refractivity contribution in [2.24, 2.45) is 5.92 Å². The monoisotopic (exact) mass is 462 g/mol. The van der Waals surface area contributed by atoms with Gasteiger partial charge in [0.1, 0.15) is 11.8 Å². The molecule has 1 saturated carbocycles. The van der Waals surface area contributed by atoms with Crippen LogP contribution < -0.4 is 10.3 Å². The van der Waals surface area contributed by atoms with Crippen LogP contribution in [0.15, 0.2) is 41.5 Å². The van der Waals surface area contributed by atoms with Crippen molar-refractivity contribution in [2.75, 3.05) is 7.11 Å². The van der Waals surface area contributed by atoms with Gasteiger partial charge in [-0.15, -0.1) is 5.10 Å². The number of hydrogen-bond donors (Lipinski definition) is 1. The molecule has 1 unspecified atom stereocenters. The number of carboxylic acid groups (broad SMARTS) is 1. The highest BCUT2D eigenvalue weighted by Crippen LogP contribution is 2.37. The molecule has 2 aromatic heterocycles. The zero-order valence-corrected chi connectivity index (χ0v) is 18.2. The van der Waals surface area contributed by atoms with Crippen molar-refractivity contribution in [3.63, 3.8) is 0 Å². The molecule has 1 fully saturated rings. The number of pyridine rings is 1. The number of methoxy groups -OCH3 is 1. The Morgan fingerprint density at radius 3 is 2.61 bits per heavy atom. The van der Waals surface area contributed by atoms with Crippen molar-refractivity contribution in [3.8, 4) is 22.6 Å². The molecule has 1 aliphatic carbocycles. The lowest BCUT2D eigenvalue weighted by molar-refractivity contribution is -0.141. The number of ether oxygens (including phenoxy) is 1. The third kappa shape index (κ3) is 4.31. The molecule has 1 atom stereocenters. The van der Waals surface area contributed by atoms with Gasteiger partial charge in [0.15, 0.2) is 5.15 Å². The fourth-order valence-electron chi connectivity index (χ4n) is 3.81. The van der Waals surface area contributed by atoms with E-state index in [1.807, 2.05) is 0 Å². The van der Waals surface area contributed by atoms with Crippen LogP contribution in [0.2, 0.25) is 10.2 Å². The Balaban J connectivity index is 1.84. The number of aliphatic carboxylic acids is 1. The molecule has 10 heteroatoms. The summed E-state index contributed by atoms with van der Waals surface area (Å²) < 4.78 is 8.24. The van der Waals surface area contributed by atoms with Gasteiger partial charge in [-0.1, -0.05) is 47.7 Å². The summed E-state index contributed by atoms with van der Waals surface area (Å²) in [6.07, 6.45) is 6.46. The average molecular weight is 463 g/mol. The molecule has 0 aliphatic heterocycles. The topological polar surface area (TPSA) is 99.2 Å². The predicted molar refractivity (Wildman–Crippen MR) is 116 cm³/mol. The van der Waals surface area contributed by atoms with Crippen LogP contribution in [0.3, 0.4) is 0 Å². The van der Waals surface area contributed by atoms with Gasteiger partial charge in [0, 0.05) is 22.2 Å². The summed E-state index contributed by atoms with van der Waals surface area (Å²) in [6.45, 7) is 0. The lowest BCUT2D eigenvalue weighted by Gasteiger charge is -2.29. The van der Waals surface area contributed by atoms with E-state index in [1.54, 1.807) is 18.2 Å². The van der Waals surface area contributed by atoms with Crippen molar-refractivity contribution in [2.45, 2.75) is 31.7 Å². The van der Waals surface area contributed by atoms with Crippen LogP contribution in [0, 0.1) is 5.92 Å². The highest BCUT2D eigenvalue weighted by Gasteiger charge is 2.29. The van der Waals surface area contributed by atoms with E-state index in [-0.39, 0.29) is 5.15 Å². The lowest BCUT2D eigenvalue weighted by atomic mass is 9.81. The minimum absolute atomic E-state index is 0.212. The first kappa shape index (κ1) is 21.4. The Morgan fingerprint density at radius 1 is 1.26 bits per heavy atom. The van der Waals surface area contributed by atoms with Crippen molar-refractivity contribution in [3.05, 3.63) is 57.2 Å². The lowest BCUT2D eigenvalue weighted by Crippen LogP contribution is -2.32. The molecule has 8 nitrogen and oxygen atoms in total. The van der Waals surface area contributed by atoms with Crippen LogP contribution in [0.4, 0.5) is 0 Å². The Labute approximate surface area is 188 Å². The smallest absolute Gasteiger partial charge is 0.326 e. The fraction of sp³-hybridized carbons (Fsp3) is 0.333. The van der Waals surface area contributed by atoms with E-state index in [1.165, 1.54) is 34.8 Å². The molecule has 3 aromatic rings. The van der Waals surface area contributed by atoms with Gasteiger partial charge < -0.3 is 9.84 Å². The maximum absolute atomic E-state index is 13.0. The molecule has 1 aliphatic rings. The summed E-state index contributed by atoms with van der Waals surface area (Å²) >= 11 is 12.1. The number of benzene rings is 1. The largest absolute Gasteiger partial charge is 0.495 e. The number of halogens is 2. The highest BCUT2D eigenvalue weighted by molar-refractivity contribution is 6.31. The van der Waals surface area contributed by atoms with Crippen molar-refractivity contribution >= 4 is 29.2 Å². The van der Waals surface area contributed by atoms with E-state index >= 15 is 0 Å². The molecule has 0 amide bonds. The quantitative estimate of drug-likeness (QED) is 0.563. The number of hydrogen-bond acceptors (Lipinski definition) is 5. The second-order valence-electron chi connectivity index (χ2n) is 7.53. The maximum atomic E-state index is 13.0. The molecule has 0 bridgehead atoms. The van der Waals surface area contributed by atoms with Crippen molar-refractivity contribution < 1.29 is 14.6 Å². The van der Waals surface area contributed by atoms with E-state index < -0.39 is 17.6 Å². The molecule has 0 spiro atoms. The van der Waals surface area contributed by atoms with Crippen LogP contribution in [0.5, 0.6) is 5.75 Å². The summed E-state index contributed by atoms with van der Waals surface area (Å²) in [7, 11) is 1.46. The van der Waals surface area contributed by atoms with E-state index in [4.69, 9.17) is 27.9 Å². The zero-order valence-electron chi connectivity index (χ0n) is 16.7. The highest BCUT2D eigenvalue weighted by atomic mass is 35.5. The Kier molecular flexibility index (Phi) is 6.02. The summed E-state index contributed by atoms with van der Waals surface area (Å²) in [4.78, 5) is 24.9. The Bertz CT molecular complexity index is 1190. The van der Waals surface area contributed by atoms with Crippen LogP contribution in [0.1, 0.15) is 31.7 Å². The van der Waals surface area contributed by atoms with Crippen molar-refractivity contribution in [1.29, 1.82) is 0 Å². The molecular weight excluding hydrogens is 443 g/mol. The second kappa shape index (κ2) is 8.72. The van der Waals surface area contributed by atoms with Gasteiger partial charge in [0.05, 0.1) is 25.2 Å². The molecule has 0 saturated heterocycles. The third-order valence-electron chi connectivity index (χ3n) is 5.63. The third-order valence-corrected chi connectivity index (χ3v) is 6.04. The van der Waals surface area contributed by atoms with E-state index in [2.05, 4.69) is 10.3 Å². The minimum atomic E-state index is -1.04. The normalized spacial score (nSPS) is 14.8. The molecule has 162 valence electrons. The molecule has 4 rings (SSSR count). The number of aromatic nitrogens is 4. The van der Waals surface area contributed by atoms with Crippen LogP contribution >= 0.6 is 23.2 Å². The zero-order chi connectivity index (χ0) is 22.1. The summed E-state index contributed by atoms with van der Waals surface area (Å²) in [5.74, 6) is -0.381. The number of nitrogens with zero attached hydrogens (tertiary/aromatic N) is 4. The first-order valence-corrected chi connectivity index (χ1v) is 10.5. The predicted octanol–water partition coefficient (Wildman–Crippen LogP) is 4.23. The first-order chi connectivity index (χ1) is 14.9. The van der Waals surface area contributed by atoms with Gasteiger partial charge in [0.2, 0.25) is 0 Å². The van der Waals surface area contributed by atoms with Gasteiger partial charge in [-0.05, 0) is 30.5 Å². The van der Waals surface area contributed by atoms with Crippen LogP contribution in [-0.2, 0) is 4.79 Å². The van der Waals surface area contributed by atoms with E-state index in [0.29, 0.717) is 39.9 Å². The molecule has 2 heterocycles. The van der Waals surface area contributed by atoms with Gasteiger partial charge in [0.25, 0.3) is 5.56 Å². The number of rotatable bonds is 7. The standard InChI is InChI=1S/C21H20Cl2N4O4/c1-31-18-10-26(17(21(29)30)7-12-3-2-4-12)20(28)9-15(18)14-8-13(22)5-6-16(14)27-11-19(23)24-25-27/h5-6,8-12,17H,2-4,7H2,1H3,(H,29,30). The van der Waals surface area contributed by atoms with E-state index in [0.717, 1.165) is 19.3 Å². The number of carboxylic acids is 1. The van der Waals surface area contributed by atoms with Crippen LogP contribution in [-0.4, -0.2) is 37.7 Å². The molecule has 1 aromatic carbocycles. The van der Waals surface area contributed by atoms with Gasteiger partial charge in [-0.2, -0.15) is 0 Å². The van der Waals surface area contributed by atoms with Gasteiger partial charge in [-0.25, -0.2) is 9.48 Å². The van der Waals surface area contributed by atoms with Crippen LogP contribution in [0.25, 0.3) is 16.8 Å². The fourth-order valence-corrected chi connectivity index (χ4v) is 4.11. The summed E-state index contributed by atoms with van der Waals surface area (Å²) in [5.41, 5.74) is 1.18. The van der Waals surface area contributed by atoms with Crippen molar-refractivity contribution in [1.82, 2.24) is 19.6 Å². The van der Waals surface area contributed by atoms with Gasteiger partial charge >= 0.3 is 5.97 Å². The Hall–Kier alpha value is -2.84. The number of carbonyl (C=O) groups is 1. The van der Waals surface area contributed by atoms with E-state index in [9.17, 15) is 14.7 Å².